The molecule has 0 saturated carbocycles. The molecule has 5 rings (SSSR count). The molecule has 0 N–H and O–H groups in total. The van der Waals surface area contributed by atoms with E-state index < -0.39 is 0 Å². The van der Waals surface area contributed by atoms with Crippen LogP contribution < -0.4 is 0 Å². The summed E-state index contributed by atoms with van der Waals surface area (Å²) < 4.78 is 1.57. The Balaban J connectivity index is 1.90. The predicted molar refractivity (Wildman–Crippen MR) is 85.9 cm³/mol. The van der Waals surface area contributed by atoms with Gasteiger partial charge in [0.15, 0.2) is 0 Å². The summed E-state index contributed by atoms with van der Waals surface area (Å²) >= 11 is 2.57. The third kappa shape index (κ3) is 0.892. The van der Waals surface area contributed by atoms with Gasteiger partial charge in [0.2, 0.25) is 0 Å². The lowest BCUT2D eigenvalue weighted by Crippen LogP contribution is -2.51. The Morgan fingerprint density at radius 2 is 1.42 bits per heavy atom. The minimum absolute atomic E-state index is 0.316. The number of fused-ring (bicyclic) bond motifs is 5. The highest BCUT2D eigenvalue weighted by molar-refractivity contribution is 14.1. The predicted octanol–water partition coefficient (Wildman–Crippen LogP) is 4.89. The SMILES string of the molecule is CC1=C(I)C2c3ccccc3C3c4ccccc4C123. The van der Waals surface area contributed by atoms with Crippen molar-refractivity contribution in [2.75, 3.05) is 0 Å². The zero-order valence-corrected chi connectivity index (χ0v) is 12.8. The van der Waals surface area contributed by atoms with Crippen LogP contribution in [0.5, 0.6) is 0 Å². The second-order valence-corrected chi connectivity index (χ2v) is 7.09. The largest absolute Gasteiger partial charge is 0.0620 e. The molecule has 0 fully saturated rings. The normalized spacial score (nSPS) is 32.7. The number of hydrogen-bond donors (Lipinski definition) is 0. The zero-order valence-electron chi connectivity index (χ0n) is 10.7. The van der Waals surface area contributed by atoms with Crippen LogP contribution in [0, 0.1) is 0 Å². The van der Waals surface area contributed by atoms with Crippen LogP contribution in [-0.2, 0) is 5.41 Å². The van der Waals surface area contributed by atoms with Crippen LogP contribution in [0.15, 0.2) is 57.7 Å². The topological polar surface area (TPSA) is 0 Å². The van der Waals surface area contributed by atoms with E-state index in [2.05, 4.69) is 78.0 Å². The molecule has 1 spiro atoms. The molecule has 0 aromatic heterocycles. The summed E-state index contributed by atoms with van der Waals surface area (Å²) in [4.78, 5) is 0. The van der Waals surface area contributed by atoms with Gasteiger partial charge in [-0.15, -0.1) is 0 Å². The third-order valence-corrected chi connectivity index (χ3v) is 6.91. The molecule has 0 nitrogen and oxygen atoms in total. The standard InChI is InChI=1S/C18H13I/c1-10-17(19)16-12-7-3-2-6-11(12)15-13-8-4-5-9-14(13)18(10,15)16/h2-9,15-16H,1H3. The van der Waals surface area contributed by atoms with Crippen LogP contribution in [0.4, 0.5) is 0 Å². The van der Waals surface area contributed by atoms with Crippen molar-refractivity contribution in [2.24, 2.45) is 0 Å². The molecule has 2 aromatic rings. The Morgan fingerprint density at radius 3 is 2.16 bits per heavy atom. The van der Waals surface area contributed by atoms with E-state index in [1.165, 1.54) is 0 Å². The highest BCUT2D eigenvalue weighted by atomic mass is 127. The van der Waals surface area contributed by atoms with E-state index in [4.69, 9.17) is 0 Å². The van der Waals surface area contributed by atoms with Crippen LogP contribution in [0.1, 0.15) is 41.0 Å². The van der Waals surface area contributed by atoms with Gasteiger partial charge >= 0.3 is 0 Å². The zero-order chi connectivity index (χ0) is 12.8. The van der Waals surface area contributed by atoms with Gasteiger partial charge in [0.05, 0.1) is 0 Å². The fourth-order valence-corrected chi connectivity index (χ4v) is 6.05. The van der Waals surface area contributed by atoms with E-state index in [0.717, 1.165) is 0 Å². The van der Waals surface area contributed by atoms with Gasteiger partial charge in [-0.2, -0.15) is 0 Å². The summed E-state index contributed by atoms with van der Waals surface area (Å²) in [6, 6.07) is 18.1. The van der Waals surface area contributed by atoms with Gasteiger partial charge in [-0.25, -0.2) is 0 Å². The summed E-state index contributed by atoms with van der Waals surface area (Å²) in [5.41, 5.74) is 8.20. The second kappa shape index (κ2) is 3.14. The minimum atomic E-state index is 0.316. The van der Waals surface area contributed by atoms with E-state index in [9.17, 15) is 0 Å². The lowest BCUT2D eigenvalue weighted by Gasteiger charge is -2.58. The van der Waals surface area contributed by atoms with Gasteiger partial charge in [-0.1, -0.05) is 54.1 Å². The molecule has 1 heteroatoms. The molecule has 3 atom stereocenters. The summed E-state index contributed by atoms with van der Waals surface area (Å²) in [6.45, 7) is 2.34. The number of hydrogen-bond acceptors (Lipinski definition) is 0. The molecule has 0 saturated heterocycles. The van der Waals surface area contributed by atoms with Gasteiger partial charge in [0.1, 0.15) is 0 Å². The molecule has 19 heavy (non-hydrogen) atoms. The summed E-state index contributed by atoms with van der Waals surface area (Å²) in [5.74, 6) is 1.24. The highest BCUT2D eigenvalue weighted by Crippen LogP contribution is 2.77. The maximum absolute atomic E-state index is 2.57. The Morgan fingerprint density at radius 1 is 0.842 bits per heavy atom. The lowest BCUT2D eigenvalue weighted by atomic mass is 9.46. The fraction of sp³-hybridized carbons (Fsp3) is 0.222. The lowest BCUT2D eigenvalue weighted by molar-refractivity contribution is 0.336. The fourth-order valence-electron chi connectivity index (χ4n) is 4.77. The third-order valence-electron chi connectivity index (χ3n) is 5.48. The first-order valence-electron chi connectivity index (χ1n) is 6.83. The Kier molecular flexibility index (Phi) is 1.76. The van der Waals surface area contributed by atoms with E-state index in [0.29, 0.717) is 17.3 Å². The summed E-state index contributed by atoms with van der Waals surface area (Å²) in [6.07, 6.45) is 0. The first-order valence-corrected chi connectivity index (χ1v) is 7.90. The van der Waals surface area contributed by atoms with Crippen molar-refractivity contribution in [3.63, 3.8) is 0 Å². The van der Waals surface area contributed by atoms with Crippen LogP contribution >= 0.6 is 22.6 Å². The summed E-state index contributed by atoms with van der Waals surface area (Å²) in [7, 11) is 0. The molecular weight excluding hydrogens is 343 g/mol. The van der Waals surface area contributed by atoms with E-state index in [1.807, 2.05) is 0 Å². The van der Waals surface area contributed by atoms with E-state index in [1.54, 1.807) is 31.4 Å². The number of halogens is 1. The number of allylic oxidation sites excluding steroid dienone is 2. The van der Waals surface area contributed by atoms with Crippen LogP contribution in [-0.4, -0.2) is 0 Å². The van der Waals surface area contributed by atoms with Crippen LogP contribution in [0.3, 0.4) is 0 Å². The molecule has 92 valence electrons. The van der Waals surface area contributed by atoms with Crippen molar-refractivity contribution in [1.82, 2.24) is 0 Å². The Hall–Kier alpha value is -1.09. The Bertz CT molecular complexity index is 765. The molecule has 3 aliphatic rings. The van der Waals surface area contributed by atoms with Gasteiger partial charge in [0, 0.05) is 17.3 Å². The van der Waals surface area contributed by atoms with Crippen molar-refractivity contribution < 1.29 is 0 Å². The molecule has 3 aliphatic carbocycles. The van der Waals surface area contributed by atoms with Crippen molar-refractivity contribution >= 4 is 22.6 Å². The molecule has 3 unspecified atom stereocenters. The molecule has 2 aromatic carbocycles. The van der Waals surface area contributed by atoms with Gasteiger partial charge in [-0.05, 0) is 55.3 Å². The van der Waals surface area contributed by atoms with E-state index in [-0.39, 0.29) is 0 Å². The molecule has 0 bridgehead atoms. The quantitative estimate of drug-likeness (QED) is 0.590. The number of benzene rings is 2. The molecule has 0 heterocycles. The maximum Gasteiger partial charge on any atom is 0.0395 e. The molecule has 0 aliphatic heterocycles. The average Bonchev–Trinajstić information content (AvgIpc) is 2.68. The maximum atomic E-state index is 2.57. The van der Waals surface area contributed by atoms with Crippen molar-refractivity contribution in [1.29, 1.82) is 0 Å². The highest BCUT2D eigenvalue weighted by Gasteiger charge is 2.68. The first kappa shape index (κ1) is 10.7. The van der Waals surface area contributed by atoms with Crippen molar-refractivity contribution in [3.05, 3.63) is 79.9 Å². The molecule has 0 amide bonds. The average molecular weight is 356 g/mol. The van der Waals surface area contributed by atoms with Crippen molar-refractivity contribution in [2.45, 2.75) is 24.2 Å². The molecular formula is C18H13I. The van der Waals surface area contributed by atoms with Gasteiger partial charge in [-0.3, -0.25) is 0 Å². The smallest absolute Gasteiger partial charge is 0.0395 e. The number of rotatable bonds is 0. The molecule has 0 radical (unpaired) electrons. The minimum Gasteiger partial charge on any atom is -0.0620 e. The van der Waals surface area contributed by atoms with Gasteiger partial charge < -0.3 is 0 Å². The monoisotopic (exact) mass is 356 g/mol. The summed E-state index contributed by atoms with van der Waals surface area (Å²) in [5, 5.41) is 0. The Labute approximate surface area is 126 Å². The van der Waals surface area contributed by atoms with Crippen LogP contribution in [0.2, 0.25) is 0 Å². The first-order chi connectivity index (χ1) is 9.28. The van der Waals surface area contributed by atoms with E-state index >= 15 is 0 Å². The van der Waals surface area contributed by atoms with Crippen LogP contribution in [0.25, 0.3) is 0 Å². The van der Waals surface area contributed by atoms with Gasteiger partial charge in [0.25, 0.3) is 0 Å². The van der Waals surface area contributed by atoms with Crippen molar-refractivity contribution in [3.8, 4) is 0 Å². The second-order valence-electron chi connectivity index (χ2n) is 5.92.